The van der Waals surface area contributed by atoms with Crippen LogP contribution in [-0.2, 0) is 11.3 Å². The standard InChI is InChI=1S/C18H26N4OS.HI/c1-14(16-8-5-4-6-9-16)23-11-7-10-20-18(19-3)22-13-17-12-21-15(2)24-17;/h4-6,8-9,12,14H,7,10-11,13H2,1-3H3,(H2,19,20,22);1H. The first-order valence-electron chi connectivity index (χ1n) is 8.21. The van der Waals surface area contributed by atoms with Gasteiger partial charge in [0.1, 0.15) is 0 Å². The largest absolute Gasteiger partial charge is 0.374 e. The number of hydrogen-bond acceptors (Lipinski definition) is 4. The quantitative estimate of drug-likeness (QED) is 0.264. The highest BCUT2D eigenvalue weighted by Crippen LogP contribution is 2.15. The van der Waals surface area contributed by atoms with E-state index in [0.717, 1.165) is 30.5 Å². The second kappa shape index (κ2) is 12.2. The highest BCUT2D eigenvalue weighted by Gasteiger charge is 2.05. The van der Waals surface area contributed by atoms with Crippen LogP contribution in [-0.4, -0.2) is 31.1 Å². The lowest BCUT2D eigenvalue weighted by atomic mass is 10.1. The van der Waals surface area contributed by atoms with Gasteiger partial charge in [-0.05, 0) is 25.8 Å². The summed E-state index contributed by atoms with van der Waals surface area (Å²) >= 11 is 1.70. The molecule has 1 aromatic carbocycles. The number of benzene rings is 1. The first-order valence-corrected chi connectivity index (χ1v) is 9.03. The topological polar surface area (TPSA) is 58.5 Å². The van der Waals surface area contributed by atoms with Crippen molar-refractivity contribution in [2.45, 2.75) is 32.9 Å². The van der Waals surface area contributed by atoms with Gasteiger partial charge in [0, 0.05) is 31.3 Å². The molecule has 0 bridgehead atoms. The molecule has 2 aromatic rings. The Morgan fingerprint density at radius 1 is 1.28 bits per heavy atom. The number of ether oxygens (including phenoxy) is 1. The van der Waals surface area contributed by atoms with Gasteiger partial charge in [-0.3, -0.25) is 4.99 Å². The van der Waals surface area contributed by atoms with Gasteiger partial charge in [-0.1, -0.05) is 30.3 Å². The van der Waals surface area contributed by atoms with Gasteiger partial charge in [0.15, 0.2) is 5.96 Å². The fourth-order valence-electron chi connectivity index (χ4n) is 2.24. The van der Waals surface area contributed by atoms with E-state index in [1.807, 2.05) is 31.3 Å². The maximum atomic E-state index is 5.87. The zero-order valence-corrected chi connectivity index (χ0v) is 18.1. The number of rotatable bonds is 8. The summed E-state index contributed by atoms with van der Waals surface area (Å²) in [5.74, 6) is 0.803. The van der Waals surface area contributed by atoms with Gasteiger partial charge in [-0.25, -0.2) is 4.98 Å². The van der Waals surface area contributed by atoms with Crippen LogP contribution >= 0.6 is 35.3 Å². The van der Waals surface area contributed by atoms with Crippen molar-refractivity contribution in [3.63, 3.8) is 0 Å². The Bertz CT molecular complexity index is 633. The van der Waals surface area contributed by atoms with Gasteiger partial charge in [0.2, 0.25) is 0 Å². The van der Waals surface area contributed by atoms with Gasteiger partial charge in [-0.2, -0.15) is 0 Å². The second-order valence-electron chi connectivity index (χ2n) is 5.48. The van der Waals surface area contributed by atoms with Crippen molar-refractivity contribution in [3.05, 3.63) is 52.0 Å². The third-order valence-electron chi connectivity index (χ3n) is 3.57. The molecule has 7 heteroatoms. The summed E-state index contributed by atoms with van der Waals surface area (Å²) in [5, 5.41) is 7.68. The monoisotopic (exact) mass is 474 g/mol. The minimum atomic E-state index is 0. The van der Waals surface area contributed by atoms with Crippen LogP contribution < -0.4 is 10.6 Å². The van der Waals surface area contributed by atoms with Crippen LogP contribution in [0.3, 0.4) is 0 Å². The molecule has 0 radical (unpaired) electrons. The molecule has 0 aliphatic heterocycles. The molecule has 0 aliphatic rings. The number of nitrogens with one attached hydrogen (secondary N) is 2. The molecule has 5 nitrogen and oxygen atoms in total. The van der Waals surface area contributed by atoms with Crippen molar-refractivity contribution in [1.29, 1.82) is 0 Å². The van der Waals surface area contributed by atoms with E-state index in [4.69, 9.17) is 4.74 Å². The molecule has 138 valence electrons. The molecule has 0 saturated heterocycles. The summed E-state index contributed by atoms with van der Waals surface area (Å²) < 4.78 is 5.87. The van der Waals surface area contributed by atoms with E-state index in [-0.39, 0.29) is 30.1 Å². The molecular weight excluding hydrogens is 447 g/mol. The maximum Gasteiger partial charge on any atom is 0.191 e. The highest BCUT2D eigenvalue weighted by atomic mass is 127. The van der Waals surface area contributed by atoms with Crippen LogP contribution in [0.5, 0.6) is 0 Å². The van der Waals surface area contributed by atoms with E-state index in [1.165, 1.54) is 10.4 Å². The Hall–Kier alpha value is -1.19. The van der Waals surface area contributed by atoms with Crippen molar-refractivity contribution in [2.24, 2.45) is 4.99 Å². The van der Waals surface area contributed by atoms with Crippen molar-refractivity contribution in [1.82, 2.24) is 15.6 Å². The number of aromatic nitrogens is 1. The summed E-state index contributed by atoms with van der Waals surface area (Å²) in [6, 6.07) is 10.3. The molecule has 1 unspecified atom stereocenters. The number of aliphatic imine (C=N–C) groups is 1. The van der Waals surface area contributed by atoms with E-state index in [2.05, 4.69) is 39.7 Å². The lowest BCUT2D eigenvalue weighted by Gasteiger charge is -2.14. The van der Waals surface area contributed by atoms with Crippen LogP contribution in [0.15, 0.2) is 41.5 Å². The normalized spacial score (nSPS) is 12.4. The molecule has 0 aliphatic carbocycles. The number of nitrogens with zero attached hydrogens (tertiary/aromatic N) is 2. The lowest BCUT2D eigenvalue weighted by Crippen LogP contribution is -2.37. The van der Waals surface area contributed by atoms with Crippen molar-refractivity contribution >= 4 is 41.3 Å². The molecule has 0 fully saturated rings. The second-order valence-corrected chi connectivity index (χ2v) is 6.79. The van der Waals surface area contributed by atoms with E-state index < -0.39 is 0 Å². The number of guanidine groups is 1. The van der Waals surface area contributed by atoms with Crippen molar-refractivity contribution < 1.29 is 4.74 Å². The molecule has 1 aromatic heterocycles. The van der Waals surface area contributed by atoms with E-state index in [1.54, 1.807) is 18.4 Å². The number of hydrogen-bond donors (Lipinski definition) is 2. The Morgan fingerprint density at radius 2 is 2.04 bits per heavy atom. The Balaban J connectivity index is 0.00000312. The predicted molar refractivity (Wildman–Crippen MR) is 116 cm³/mol. The minimum Gasteiger partial charge on any atom is -0.374 e. The van der Waals surface area contributed by atoms with Crippen LogP contribution in [0.25, 0.3) is 0 Å². The molecule has 25 heavy (non-hydrogen) atoms. The van der Waals surface area contributed by atoms with E-state index in [9.17, 15) is 0 Å². The van der Waals surface area contributed by atoms with Crippen LogP contribution in [0.2, 0.25) is 0 Å². The summed E-state index contributed by atoms with van der Waals surface area (Å²) in [6.07, 6.45) is 2.95. The van der Waals surface area contributed by atoms with Crippen molar-refractivity contribution in [2.75, 3.05) is 20.2 Å². The Labute approximate surface area is 171 Å². The van der Waals surface area contributed by atoms with Gasteiger partial charge in [0.05, 0.1) is 17.7 Å². The Kier molecular flexibility index (Phi) is 10.7. The smallest absolute Gasteiger partial charge is 0.191 e. The third-order valence-corrected chi connectivity index (χ3v) is 4.49. The SMILES string of the molecule is CN=C(NCCCOC(C)c1ccccc1)NCc1cnc(C)s1.I. The summed E-state index contributed by atoms with van der Waals surface area (Å²) in [7, 11) is 1.78. The maximum absolute atomic E-state index is 5.87. The minimum absolute atomic E-state index is 0. The van der Waals surface area contributed by atoms with Crippen molar-refractivity contribution in [3.8, 4) is 0 Å². The zero-order valence-electron chi connectivity index (χ0n) is 15.0. The molecule has 1 atom stereocenters. The zero-order chi connectivity index (χ0) is 17.2. The highest BCUT2D eigenvalue weighted by molar-refractivity contribution is 14.0. The molecule has 0 amide bonds. The molecule has 1 heterocycles. The number of thiazole rings is 1. The van der Waals surface area contributed by atoms with Gasteiger partial charge < -0.3 is 15.4 Å². The number of halogens is 1. The molecular formula is C18H27IN4OS. The average molecular weight is 474 g/mol. The Morgan fingerprint density at radius 3 is 2.68 bits per heavy atom. The summed E-state index contributed by atoms with van der Waals surface area (Å²) in [5.41, 5.74) is 1.21. The summed E-state index contributed by atoms with van der Waals surface area (Å²) in [6.45, 7) is 6.38. The van der Waals surface area contributed by atoms with Gasteiger partial charge in [0.25, 0.3) is 0 Å². The first-order chi connectivity index (χ1) is 11.7. The molecule has 0 saturated carbocycles. The number of aryl methyl sites for hydroxylation is 1. The van der Waals surface area contributed by atoms with Crippen LogP contribution in [0, 0.1) is 6.92 Å². The third kappa shape index (κ3) is 8.15. The van der Waals surface area contributed by atoms with E-state index in [0.29, 0.717) is 6.61 Å². The van der Waals surface area contributed by atoms with Gasteiger partial charge in [-0.15, -0.1) is 35.3 Å². The molecule has 2 rings (SSSR count). The fraction of sp³-hybridized carbons (Fsp3) is 0.444. The van der Waals surface area contributed by atoms with Crippen LogP contribution in [0.1, 0.15) is 34.9 Å². The molecule has 2 N–H and O–H groups in total. The molecule has 0 spiro atoms. The van der Waals surface area contributed by atoms with E-state index >= 15 is 0 Å². The van der Waals surface area contributed by atoms with Gasteiger partial charge >= 0.3 is 0 Å². The predicted octanol–water partition coefficient (Wildman–Crippen LogP) is 3.90. The lowest BCUT2D eigenvalue weighted by molar-refractivity contribution is 0.0646. The first kappa shape index (κ1) is 21.9. The summed E-state index contributed by atoms with van der Waals surface area (Å²) in [4.78, 5) is 9.68. The van der Waals surface area contributed by atoms with Crippen LogP contribution in [0.4, 0.5) is 0 Å². The average Bonchev–Trinajstić information content (AvgIpc) is 3.03. The fourth-order valence-corrected chi connectivity index (χ4v) is 2.97.